The Morgan fingerprint density at radius 1 is 1.30 bits per heavy atom. The monoisotopic (exact) mass is 458 g/mol. The summed E-state index contributed by atoms with van der Waals surface area (Å²) in [5.74, 6) is 0.0421. The third-order valence-electron chi connectivity index (χ3n) is 6.03. The van der Waals surface area contributed by atoms with Gasteiger partial charge in [0.15, 0.2) is 12.1 Å². The number of hydrogen-bond acceptors (Lipinski definition) is 7. The average molecular weight is 459 g/mol. The van der Waals surface area contributed by atoms with Crippen LogP contribution >= 0.6 is 0 Å². The van der Waals surface area contributed by atoms with Gasteiger partial charge < -0.3 is 19.1 Å². The summed E-state index contributed by atoms with van der Waals surface area (Å²) >= 11 is 0. The summed E-state index contributed by atoms with van der Waals surface area (Å²) in [5, 5.41) is 0. The minimum Gasteiger partial charge on any atom is -0.484 e. The molecule has 178 valence electrons. The van der Waals surface area contributed by atoms with Crippen LogP contribution in [0.2, 0.25) is 0 Å². The first-order valence-electron chi connectivity index (χ1n) is 11.5. The second kappa shape index (κ2) is 10.4. The summed E-state index contributed by atoms with van der Waals surface area (Å²) < 4.78 is 16.8. The molecule has 1 aromatic rings. The Bertz CT molecular complexity index is 925. The molecule has 4 rings (SSSR count). The molecule has 9 nitrogen and oxygen atoms in total. The Kier molecular flexibility index (Phi) is 7.29. The molecule has 9 heteroatoms. The Balaban J connectivity index is 1.38. The molecule has 3 heterocycles. The van der Waals surface area contributed by atoms with Gasteiger partial charge in [-0.15, -0.1) is 0 Å². The Morgan fingerprint density at radius 2 is 2.18 bits per heavy atom. The van der Waals surface area contributed by atoms with Crippen LogP contribution in [-0.4, -0.2) is 60.9 Å². The van der Waals surface area contributed by atoms with E-state index in [1.807, 2.05) is 0 Å². The smallest absolute Gasteiger partial charge is 0.409 e. The number of hydrogen-bond donors (Lipinski definition) is 1. The number of rotatable bonds is 5. The lowest BCUT2D eigenvalue weighted by Gasteiger charge is -2.44. The van der Waals surface area contributed by atoms with Gasteiger partial charge in [-0.25, -0.2) is 15.1 Å². The number of amides is 2. The fourth-order valence-electron chi connectivity index (χ4n) is 4.45. The van der Waals surface area contributed by atoms with Gasteiger partial charge in [-0.2, -0.15) is 0 Å². The molecule has 1 N–H and O–H groups in total. The number of ketones is 1. The van der Waals surface area contributed by atoms with Crippen LogP contribution in [0.25, 0.3) is 6.08 Å². The second-order valence-corrected chi connectivity index (χ2v) is 8.58. The molecule has 0 aliphatic carbocycles. The van der Waals surface area contributed by atoms with Crippen molar-refractivity contribution in [2.75, 3.05) is 26.3 Å². The summed E-state index contributed by atoms with van der Waals surface area (Å²) in [6.07, 6.45) is 6.54. The maximum Gasteiger partial charge on any atom is 0.409 e. The van der Waals surface area contributed by atoms with Gasteiger partial charge in [0.1, 0.15) is 11.4 Å². The Morgan fingerprint density at radius 3 is 2.97 bits per heavy atom. The van der Waals surface area contributed by atoms with Crippen molar-refractivity contribution in [2.45, 2.75) is 57.3 Å². The van der Waals surface area contributed by atoms with Gasteiger partial charge in [-0.1, -0.05) is 6.07 Å². The van der Waals surface area contributed by atoms with Crippen molar-refractivity contribution in [2.24, 2.45) is 0 Å². The number of carbonyl (C=O) groups is 3. The van der Waals surface area contributed by atoms with E-state index in [-0.39, 0.29) is 18.3 Å². The minimum atomic E-state index is -0.731. The molecular formula is C24H30N2O7. The number of carbonyl (C=O) groups excluding carboxylic acids is 3. The molecule has 3 aliphatic heterocycles. The minimum absolute atomic E-state index is 0.0422. The highest BCUT2D eigenvalue weighted by atomic mass is 16.8. The van der Waals surface area contributed by atoms with E-state index < -0.39 is 17.8 Å². The Labute approximate surface area is 192 Å². The third kappa shape index (κ3) is 5.72. The standard InChI is InChI=1S/C24H30N2O7/c1-2-30-23(29)26-12-5-11-24(16-26)15-19(27)18-14-17(7-9-20(18)32-24)8-10-21(28)25-33-22-6-3-4-13-31-22/h7-10,14,22H,2-6,11-13,15-16H2,1H3,(H,25,28). The lowest BCUT2D eigenvalue weighted by atomic mass is 9.83. The largest absolute Gasteiger partial charge is 0.484 e. The molecule has 2 fully saturated rings. The van der Waals surface area contributed by atoms with E-state index in [9.17, 15) is 14.4 Å². The van der Waals surface area contributed by atoms with Crippen molar-refractivity contribution < 1.29 is 33.4 Å². The van der Waals surface area contributed by atoms with Gasteiger partial charge in [0, 0.05) is 25.6 Å². The Hall–Kier alpha value is -2.91. The fraction of sp³-hybridized carbons (Fsp3) is 0.542. The van der Waals surface area contributed by atoms with Gasteiger partial charge in [-0.05, 0) is 56.4 Å². The highest BCUT2D eigenvalue weighted by molar-refractivity contribution is 6.01. The van der Waals surface area contributed by atoms with Crippen molar-refractivity contribution in [1.82, 2.24) is 10.4 Å². The van der Waals surface area contributed by atoms with Crippen molar-refractivity contribution >= 4 is 23.9 Å². The number of nitrogens with zero attached hydrogens (tertiary/aromatic N) is 1. The molecule has 3 aliphatic rings. The summed E-state index contributed by atoms with van der Waals surface area (Å²) in [6, 6.07) is 5.23. The van der Waals surface area contributed by atoms with Crippen LogP contribution in [0.15, 0.2) is 24.3 Å². The van der Waals surface area contributed by atoms with Crippen LogP contribution in [0.5, 0.6) is 5.75 Å². The van der Waals surface area contributed by atoms with Crippen LogP contribution < -0.4 is 10.2 Å². The predicted molar refractivity (Wildman–Crippen MR) is 118 cm³/mol. The molecule has 1 aromatic carbocycles. The lowest BCUT2D eigenvalue weighted by Crippen LogP contribution is -2.56. The quantitative estimate of drug-likeness (QED) is 0.534. The van der Waals surface area contributed by atoms with Crippen LogP contribution in [0.1, 0.15) is 61.4 Å². The van der Waals surface area contributed by atoms with Crippen LogP contribution in [0.3, 0.4) is 0 Å². The molecule has 0 saturated carbocycles. The highest BCUT2D eigenvalue weighted by Crippen LogP contribution is 2.39. The van der Waals surface area contributed by atoms with E-state index in [0.29, 0.717) is 49.6 Å². The molecule has 2 unspecified atom stereocenters. The molecule has 0 bridgehead atoms. The van der Waals surface area contributed by atoms with E-state index in [1.54, 1.807) is 36.1 Å². The molecule has 1 spiro atoms. The molecule has 0 radical (unpaired) electrons. The number of fused-ring (bicyclic) bond motifs is 1. The number of hydroxylamine groups is 1. The van der Waals surface area contributed by atoms with E-state index in [2.05, 4.69) is 5.48 Å². The number of ether oxygens (including phenoxy) is 3. The van der Waals surface area contributed by atoms with E-state index in [0.717, 1.165) is 25.7 Å². The zero-order chi connectivity index (χ0) is 23.3. The predicted octanol–water partition coefficient (Wildman–Crippen LogP) is 3.23. The summed E-state index contributed by atoms with van der Waals surface area (Å²) in [7, 11) is 0. The van der Waals surface area contributed by atoms with E-state index in [1.165, 1.54) is 6.08 Å². The number of piperidine rings is 1. The first-order valence-corrected chi connectivity index (χ1v) is 11.5. The maximum absolute atomic E-state index is 13.0. The zero-order valence-corrected chi connectivity index (χ0v) is 18.8. The average Bonchev–Trinajstić information content (AvgIpc) is 2.82. The van der Waals surface area contributed by atoms with Crippen LogP contribution in [-0.2, 0) is 19.1 Å². The number of benzene rings is 1. The van der Waals surface area contributed by atoms with E-state index >= 15 is 0 Å². The summed E-state index contributed by atoms with van der Waals surface area (Å²) in [4.78, 5) is 44.1. The fourth-order valence-corrected chi connectivity index (χ4v) is 4.45. The van der Waals surface area contributed by atoms with Crippen molar-refractivity contribution in [3.8, 4) is 5.75 Å². The normalized spacial score (nSPS) is 24.9. The summed E-state index contributed by atoms with van der Waals surface area (Å²) in [6.45, 7) is 3.61. The number of likely N-dealkylation sites (tertiary alicyclic amines) is 1. The van der Waals surface area contributed by atoms with Gasteiger partial charge in [0.25, 0.3) is 5.91 Å². The number of Topliss-reactive ketones (excluding diaryl/α,β-unsaturated/α-hetero) is 1. The first kappa shape index (κ1) is 23.3. The van der Waals surface area contributed by atoms with Crippen LogP contribution in [0.4, 0.5) is 4.79 Å². The molecular weight excluding hydrogens is 428 g/mol. The topological polar surface area (TPSA) is 103 Å². The van der Waals surface area contributed by atoms with Gasteiger partial charge in [0.05, 0.1) is 25.1 Å². The first-order chi connectivity index (χ1) is 16.0. The molecule has 2 saturated heterocycles. The molecule has 33 heavy (non-hydrogen) atoms. The van der Waals surface area contributed by atoms with Crippen molar-refractivity contribution in [3.05, 3.63) is 35.4 Å². The highest BCUT2D eigenvalue weighted by Gasteiger charge is 2.45. The zero-order valence-electron chi connectivity index (χ0n) is 18.8. The lowest BCUT2D eigenvalue weighted by molar-refractivity contribution is -0.198. The van der Waals surface area contributed by atoms with Gasteiger partial charge in [0.2, 0.25) is 0 Å². The SMILES string of the molecule is CCOC(=O)N1CCCC2(CC(=O)c3cc(C=CC(=O)NOC4CCCCO4)ccc3O2)C1. The molecule has 2 atom stereocenters. The molecule has 2 amide bonds. The third-order valence-corrected chi connectivity index (χ3v) is 6.03. The van der Waals surface area contributed by atoms with E-state index in [4.69, 9.17) is 19.0 Å². The maximum atomic E-state index is 13.0. The molecule has 0 aromatic heterocycles. The van der Waals surface area contributed by atoms with Crippen molar-refractivity contribution in [3.63, 3.8) is 0 Å². The second-order valence-electron chi connectivity index (χ2n) is 8.58. The van der Waals surface area contributed by atoms with Gasteiger partial charge >= 0.3 is 6.09 Å². The number of nitrogens with one attached hydrogen (secondary N) is 1. The van der Waals surface area contributed by atoms with Gasteiger partial charge in [-0.3, -0.25) is 9.59 Å². The van der Waals surface area contributed by atoms with Crippen LogP contribution in [0, 0.1) is 0 Å². The summed E-state index contributed by atoms with van der Waals surface area (Å²) in [5.41, 5.74) is 2.81. The van der Waals surface area contributed by atoms with Crippen molar-refractivity contribution in [1.29, 1.82) is 0 Å².